The molecule has 3 atom stereocenters. The van der Waals surface area contributed by atoms with Crippen molar-refractivity contribution in [2.24, 2.45) is 11.8 Å². The predicted molar refractivity (Wildman–Crippen MR) is 135 cm³/mol. The Balaban J connectivity index is 1.48. The normalized spacial score (nSPS) is 24.4. The van der Waals surface area contributed by atoms with Gasteiger partial charge in [-0.3, -0.25) is 24.1 Å². The number of ether oxygens (including phenoxy) is 1. The number of benzene rings is 3. The van der Waals surface area contributed by atoms with Crippen LogP contribution in [0.2, 0.25) is 5.02 Å². The third-order valence-electron chi connectivity index (χ3n) is 7.06. The Kier molecular flexibility index (Phi) is 5.21. The van der Waals surface area contributed by atoms with Gasteiger partial charge < -0.3 is 4.74 Å². The topological polar surface area (TPSA) is 80.8 Å². The average molecular weight is 598 g/mol. The Morgan fingerprint density at radius 2 is 1.43 bits per heavy atom. The van der Waals surface area contributed by atoms with E-state index < -0.39 is 46.9 Å². The molecule has 2 fully saturated rings. The number of carbonyl (C=O) groups excluding carboxylic acids is 4. The Hall–Kier alpha value is -2.88. The molecule has 2 amide bonds. The van der Waals surface area contributed by atoms with Gasteiger partial charge in [0.25, 0.3) is 0 Å². The van der Waals surface area contributed by atoms with Gasteiger partial charge in [-0.1, -0.05) is 60.1 Å². The molecule has 174 valence electrons. The fraction of sp³-hybridized carbons (Fsp3) is 0.185. The van der Waals surface area contributed by atoms with Gasteiger partial charge in [-0.2, -0.15) is 0 Å². The van der Waals surface area contributed by atoms with Crippen LogP contribution >= 0.6 is 34.2 Å². The lowest BCUT2D eigenvalue weighted by Gasteiger charge is -2.27. The van der Waals surface area contributed by atoms with Crippen LogP contribution in [0, 0.1) is 15.4 Å². The van der Waals surface area contributed by atoms with Crippen molar-refractivity contribution < 1.29 is 23.9 Å². The molecular weight excluding hydrogens is 581 g/mol. The maximum Gasteiger partial charge on any atom is 0.237 e. The number of amides is 2. The number of halogens is 2. The third-order valence-corrected chi connectivity index (χ3v) is 8.03. The lowest BCUT2D eigenvalue weighted by molar-refractivity contribution is -0.145. The monoisotopic (exact) mass is 597 g/mol. The van der Waals surface area contributed by atoms with E-state index in [1.165, 1.54) is 0 Å². The molecule has 0 aromatic heterocycles. The molecule has 2 aliphatic heterocycles. The molecule has 1 spiro atoms. The van der Waals surface area contributed by atoms with Gasteiger partial charge in [-0.05, 0) is 58.0 Å². The molecule has 2 heterocycles. The predicted octanol–water partition coefficient (Wildman–Crippen LogP) is 4.64. The van der Waals surface area contributed by atoms with Crippen LogP contribution in [-0.2, 0) is 20.9 Å². The van der Waals surface area contributed by atoms with Gasteiger partial charge in [-0.25, -0.2) is 0 Å². The summed E-state index contributed by atoms with van der Waals surface area (Å²) in [6.07, 6.45) is -0.911. The molecule has 0 bridgehead atoms. The highest BCUT2D eigenvalue weighted by Gasteiger charge is 2.74. The molecule has 8 heteroatoms. The second kappa shape index (κ2) is 8.08. The zero-order chi connectivity index (χ0) is 24.5. The second-order valence-corrected chi connectivity index (χ2v) is 10.6. The highest BCUT2D eigenvalue weighted by atomic mass is 127. The third kappa shape index (κ3) is 3.18. The molecule has 3 aromatic carbocycles. The minimum Gasteiger partial charge on any atom is -0.349 e. The van der Waals surface area contributed by atoms with Crippen LogP contribution in [0.5, 0.6) is 0 Å². The number of fused-ring (bicyclic) bond motifs is 3. The lowest BCUT2D eigenvalue weighted by Crippen LogP contribution is -2.50. The number of hydrogen-bond donors (Lipinski definition) is 0. The van der Waals surface area contributed by atoms with Gasteiger partial charge in [0.15, 0.2) is 0 Å². The molecule has 3 aliphatic rings. The van der Waals surface area contributed by atoms with Crippen LogP contribution in [0.15, 0.2) is 72.8 Å². The Labute approximate surface area is 219 Å². The van der Waals surface area contributed by atoms with Crippen molar-refractivity contribution >= 4 is 57.6 Å². The molecule has 0 N–H and O–H groups in total. The van der Waals surface area contributed by atoms with Gasteiger partial charge in [-0.15, -0.1) is 0 Å². The number of ketones is 2. The van der Waals surface area contributed by atoms with Crippen LogP contribution in [-0.4, -0.2) is 33.9 Å². The number of hydrogen-bond acceptors (Lipinski definition) is 5. The molecule has 3 unspecified atom stereocenters. The fourth-order valence-corrected chi connectivity index (χ4v) is 5.94. The van der Waals surface area contributed by atoms with Gasteiger partial charge in [0.05, 0.1) is 24.5 Å². The van der Waals surface area contributed by atoms with Crippen molar-refractivity contribution in [2.75, 3.05) is 0 Å². The maximum atomic E-state index is 13.8. The van der Waals surface area contributed by atoms with Crippen LogP contribution in [0.1, 0.15) is 37.9 Å². The van der Waals surface area contributed by atoms with Gasteiger partial charge >= 0.3 is 0 Å². The van der Waals surface area contributed by atoms with Crippen molar-refractivity contribution in [1.82, 2.24) is 4.90 Å². The average Bonchev–Trinajstić information content (AvgIpc) is 3.42. The van der Waals surface area contributed by atoms with Crippen molar-refractivity contribution in [3.05, 3.63) is 104 Å². The molecule has 3 aromatic rings. The molecule has 6 nitrogen and oxygen atoms in total. The summed E-state index contributed by atoms with van der Waals surface area (Å²) in [6.45, 7) is 0.0205. The number of rotatable bonds is 3. The van der Waals surface area contributed by atoms with Crippen LogP contribution < -0.4 is 0 Å². The van der Waals surface area contributed by atoms with E-state index in [-0.39, 0.29) is 17.7 Å². The zero-order valence-electron chi connectivity index (χ0n) is 18.1. The molecule has 0 radical (unpaired) electrons. The van der Waals surface area contributed by atoms with Crippen molar-refractivity contribution in [3.8, 4) is 0 Å². The van der Waals surface area contributed by atoms with E-state index in [9.17, 15) is 19.2 Å². The molecule has 35 heavy (non-hydrogen) atoms. The van der Waals surface area contributed by atoms with Crippen LogP contribution in [0.4, 0.5) is 0 Å². The largest absolute Gasteiger partial charge is 0.349 e. The molecule has 1 aliphatic carbocycles. The van der Waals surface area contributed by atoms with E-state index in [1.54, 1.807) is 60.7 Å². The number of nitrogens with zero attached hydrogens (tertiary/aromatic N) is 1. The van der Waals surface area contributed by atoms with Crippen molar-refractivity contribution in [1.29, 1.82) is 0 Å². The Morgan fingerprint density at radius 1 is 0.829 bits per heavy atom. The summed E-state index contributed by atoms with van der Waals surface area (Å²) in [5, 5.41) is 0.538. The molecule has 2 saturated heterocycles. The number of imide groups is 1. The first-order chi connectivity index (χ1) is 16.8. The smallest absolute Gasteiger partial charge is 0.237 e. The van der Waals surface area contributed by atoms with E-state index in [1.807, 2.05) is 12.1 Å². The van der Waals surface area contributed by atoms with E-state index >= 15 is 0 Å². The van der Waals surface area contributed by atoms with Gasteiger partial charge in [0.1, 0.15) is 0 Å². The van der Waals surface area contributed by atoms with Crippen LogP contribution in [0.25, 0.3) is 0 Å². The standard InChI is InChI=1S/C27H17ClINO5/c28-16-9-5-14(6-10-16)13-30-25(33)20-21(26(30)34)27(35-22(20)15-7-11-17(29)12-8-15)23(31)18-3-1-2-4-19(18)24(27)32/h1-12,20-22H,13H2. The van der Waals surface area contributed by atoms with E-state index in [0.29, 0.717) is 16.1 Å². The number of Topliss-reactive ketones (excluding diaryl/α,β-unsaturated/α-hetero) is 2. The second-order valence-electron chi connectivity index (χ2n) is 8.92. The van der Waals surface area contributed by atoms with E-state index in [2.05, 4.69) is 22.6 Å². The SMILES string of the molecule is O=C1C2C(c3ccc(I)cc3)OC3(C(=O)c4ccccc4C3=O)C2C(=O)N1Cc1ccc(Cl)cc1. The first kappa shape index (κ1) is 22.6. The summed E-state index contributed by atoms with van der Waals surface area (Å²) in [5.74, 6) is -4.37. The number of carbonyl (C=O) groups is 4. The van der Waals surface area contributed by atoms with Crippen molar-refractivity contribution in [2.45, 2.75) is 18.2 Å². The Morgan fingerprint density at radius 3 is 2.03 bits per heavy atom. The number of likely N-dealkylation sites (tertiary alicyclic amines) is 1. The minimum atomic E-state index is -2.05. The van der Waals surface area contributed by atoms with Gasteiger partial charge in [0.2, 0.25) is 29.0 Å². The molecule has 6 rings (SSSR count). The van der Waals surface area contributed by atoms with E-state index in [0.717, 1.165) is 8.47 Å². The summed E-state index contributed by atoms with van der Waals surface area (Å²) in [4.78, 5) is 56.1. The first-order valence-corrected chi connectivity index (χ1v) is 12.5. The summed E-state index contributed by atoms with van der Waals surface area (Å²) in [7, 11) is 0. The minimum absolute atomic E-state index is 0.0205. The van der Waals surface area contributed by atoms with Crippen LogP contribution in [0.3, 0.4) is 0 Å². The quantitative estimate of drug-likeness (QED) is 0.250. The lowest BCUT2D eigenvalue weighted by atomic mass is 9.77. The van der Waals surface area contributed by atoms with E-state index in [4.69, 9.17) is 16.3 Å². The highest BCUT2D eigenvalue weighted by Crippen LogP contribution is 2.57. The summed E-state index contributed by atoms with van der Waals surface area (Å²) in [6, 6.07) is 20.6. The first-order valence-electron chi connectivity index (χ1n) is 11.0. The fourth-order valence-electron chi connectivity index (χ4n) is 5.46. The molecule has 0 saturated carbocycles. The van der Waals surface area contributed by atoms with Crippen molar-refractivity contribution in [3.63, 3.8) is 0 Å². The highest BCUT2D eigenvalue weighted by molar-refractivity contribution is 14.1. The summed E-state index contributed by atoms with van der Waals surface area (Å²) in [5.41, 5.74) is -0.261. The van der Waals surface area contributed by atoms with Gasteiger partial charge in [0, 0.05) is 19.7 Å². The molecular formula is C27H17ClINO5. The summed E-state index contributed by atoms with van der Waals surface area (Å²) >= 11 is 8.15. The Bertz CT molecular complexity index is 1380. The summed E-state index contributed by atoms with van der Waals surface area (Å²) < 4.78 is 7.26. The maximum absolute atomic E-state index is 13.8. The zero-order valence-corrected chi connectivity index (χ0v) is 21.0.